The van der Waals surface area contributed by atoms with Crippen molar-refractivity contribution in [1.82, 2.24) is 9.97 Å². The first kappa shape index (κ1) is 10.5. The topological polar surface area (TPSA) is 40.7 Å². The number of aromatic amines is 1. The van der Waals surface area contributed by atoms with Gasteiger partial charge in [-0.3, -0.25) is 0 Å². The fraction of sp³-hybridized carbons (Fsp3) is 0.182. The first-order valence-corrected chi connectivity index (χ1v) is 5.81. The molecule has 0 radical (unpaired) electrons. The number of H-pyrrole nitrogens is 1. The van der Waals surface area contributed by atoms with Gasteiger partial charge in [0.05, 0.1) is 18.6 Å². The van der Waals surface area contributed by atoms with Crippen molar-refractivity contribution in [2.75, 3.05) is 5.32 Å². The van der Waals surface area contributed by atoms with E-state index in [-0.39, 0.29) is 0 Å². The van der Waals surface area contributed by atoms with Crippen molar-refractivity contribution in [3.8, 4) is 0 Å². The van der Waals surface area contributed by atoms with Gasteiger partial charge in [0.25, 0.3) is 0 Å². The smallest absolute Gasteiger partial charge is 0.0922 e. The van der Waals surface area contributed by atoms with Gasteiger partial charge in [-0.1, -0.05) is 0 Å². The molecule has 1 aromatic heterocycles. The van der Waals surface area contributed by atoms with Crippen LogP contribution in [0.4, 0.5) is 5.69 Å². The Bertz CT molecular complexity index is 437. The maximum atomic E-state index is 3.97. The van der Waals surface area contributed by atoms with E-state index in [2.05, 4.69) is 63.0 Å². The second-order valence-corrected chi connectivity index (χ2v) is 4.64. The summed E-state index contributed by atoms with van der Waals surface area (Å²) in [7, 11) is 0. The van der Waals surface area contributed by atoms with Gasteiger partial charge in [0.15, 0.2) is 0 Å². The minimum absolute atomic E-state index is 0.779. The zero-order chi connectivity index (χ0) is 10.7. The summed E-state index contributed by atoms with van der Waals surface area (Å²) in [5, 5.41) is 3.37. The molecular weight excluding hydrogens is 301 g/mol. The molecule has 0 aliphatic carbocycles. The lowest BCUT2D eigenvalue weighted by Crippen LogP contribution is -2.01. The van der Waals surface area contributed by atoms with Crippen molar-refractivity contribution in [3.05, 3.63) is 45.6 Å². The first-order chi connectivity index (χ1) is 7.25. The third kappa shape index (κ3) is 2.71. The fourth-order valence-corrected chi connectivity index (χ4v) is 2.04. The van der Waals surface area contributed by atoms with Crippen LogP contribution in [0.5, 0.6) is 0 Å². The molecule has 4 heteroatoms. The molecule has 0 saturated heterocycles. The number of nitrogens with zero attached hydrogens (tertiary/aromatic N) is 1. The second kappa shape index (κ2) is 4.65. The van der Waals surface area contributed by atoms with Gasteiger partial charge in [0, 0.05) is 15.5 Å². The van der Waals surface area contributed by atoms with E-state index < -0.39 is 0 Å². The minimum atomic E-state index is 0.779. The molecule has 1 heterocycles. The SMILES string of the molecule is Cc1cc(I)ccc1NCc1cnc[nH]1. The van der Waals surface area contributed by atoms with E-state index in [1.807, 2.05) is 6.20 Å². The van der Waals surface area contributed by atoms with Crippen LogP contribution in [-0.4, -0.2) is 9.97 Å². The monoisotopic (exact) mass is 313 g/mol. The molecule has 0 fully saturated rings. The highest BCUT2D eigenvalue weighted by molar-refractivity contribution is 14.1. The summed E-state index contributed by atoms with van der Waals surface area (Å²) in [6.07, 6.45) is 3.52. The summed E-state index contributed by atoms with van der Waals surface area (Å²) in [4.78, 5) is 7.04. The van der Waals surface area contributed by atoms with E-state index in [4.69, 9.17) is 0 Å². The lowest BCUT2D eigenvalue weighted by Gasteiger charge is -2.08. The highest BCUT2D eigenvalue weighted by atomic mass is 127. The Hall–Kier alpha value is -1.04. The number of rotatable bonds is 3. The maximum absolute atomic E-state index is 3.97. The summed E-state index contributed by atoms with van der Waals surface area (Å²) in [5.41, 5.74) is 3.53. The van der Waals surface area contributed by atoms with Crippen molar-refractivity contribution in [3.63, 3.8) is 0 Å². The number of halogens is 1. The largest absolute Gasteiger partial charge is 0.379 e. The Balaban J connectivity index is 2.05. The molecule has 0 bridgehead atoms. The summed E-state index contributed by atoms with van der Waals surface area (Å²) in [6, 6.07) is 6.37. The fourth-order valence-electron chi connectivity index (χ4n) is 1.40. The molecule has 0 aliphatic rings. The van der Waals surface area contributed by atoms with Gasteiger partial charge in [0.1, 0.15) is 0 Å². The number of anilines is 1. The molecule has 1 aromatic carbocycles. The Morgan fingerprint density at radius 1 is 1.47 bits per heavy atom. The number of aryl methyl sites for hydroxylation is 1. The number of hydrogen-bond donors (Lipinski definition) is 2. The molecule has 0 atom stereocenters. The number of aromatic nitrogens is 2. The van der Waals surface area contributed by atoms with Crippen molar-refractivity contribution in [1.29, 1.82) is 0 Å². The van der Waals surface area contributed by atoms with Crippen LogP contribution in [0.15, 0.2) is 30.7 Å². The van der Waals surface area contributed by atoms with Gasteiger partial charge in [0.2, 0.25) is 0 Å². The lowest BCUT2D eigenvalue weighted by atomic mass is 10.2. The quantitative estimate of drug-likeness (QED) is 0.856. The van der Waals surface area contributed by atoms with Crippen LogP contribution in [0.2, 0.25) is 0 Å². The molecule has 2 N–H and O–H groups in total. The molecule has 2 rings (SSSR count). The Labute approximate surface area is 102 Å². The van der Waals surface area contributed by atoms with Gasteiger partial charge in [-0.25, -0.2) is 4.98 Å². The van der Waals surface area contributed by atoms with Crippen LogP contribution >= 0.6 is 22.6 Å². The molecular formula is C11H12IN3. The molecule has 0 aliphatic heterocycles. The second-order valence-electron chi connectivity index (χ2n) is 3.39. The highest BCUT2D eigenvalue weighted by Gasteiger charge is 1.99. The molecule has 0 saturated carbocycles. The van der Waals surface area contributed by atoms with Crippen molar-refractivity contribution in [2.45, 2.75) is 13.5 Å². The molecule has 0 spiro atoms. The van der Waals surface area contributed by atoms with Crippen molar-refractivity contribution < 1.29 is 0 Å². The Morgan fingerprint density at radius 3 is 3.00 bits per heavy atom. The normalized spacial score (nSPS) is 10.3. The lowest BCUT2D eigenvalue weighted by molar-refractivity contribution is 1.07. The average Bonchev–Trinajstić information content (AvgIpc) is 2.69. The third-order valence-electron chi connectivity index (χ3n) is 2.21. The highest BCUT2D eigenvalue weighted by Crippen LogP contribution is 2.18. The van der Waals surface area contributed by atoms with E-state index in [9.17, 15) is 0 Å². The van der Waals surface area contributed by atoms with E-state index in [1.165, 1.54) is 14.8 Å². The molecule has 0 unspecified atom stereocenters. The number of benzene rings is 1. The van der Waals surface area contributed by atoms with Gasteiger partial charge in [-0.2, -0.15) is 0 Å². The third-order valence-corrected chi connectivity index (χ3v) is 2.88. The zero-order valence-corrected chi connectivity index (χ0v) is 10.6. The Kier molecular flexibility index (Phi) is 3.25. The number of imidazole rings is 1. The van der Waals surface area contributed by atoms with Crippen LogP contribution in [0.3, 0.4) is 0 Å². The molecule has 3 nitrogen and oxygen atoms in total. The zero-order valence-electron chi connectivity index (χ0n) is 8.42. The predicted molar refractivity (Wildman–Crippen MR) is 69.8 cm³/mol. The molecule has 0 amide bonds. The standard InChI is InChI=1S/C11H12IN3/c1-8-4-9(12)2-3-11(8)14-6-10-5-13-7-15-10/h2-5,7,14H,6H2,1H3,(H,13,15). The van der Waals surface area contributed by atoms with Gasteiger partial charge in [-0.15, -0.1) is 0 Å². The first-order valence-electron chi connectivity index (χ1n) is 4.73. The summed E-state index contributed by atoms with van der Waals surface area (Å²) in [6.45, 7) is 2.89. The number of nitrogens with one attached hydrogen (secondary N) is 2. The molecule has 78 valence electrons. The van der Waals surface area contributed by atoms with Crippen LogP contribution in [0.25, 0.3) is 0 Å². The molecule has 2 aromatic rings. The number of hydrogen-bond acceptors (Lipinski definition) is 2. The van der Waals surface area contributed by atoms with Crippen LogP contribution in [-0.2, 0) is 6.54 Å². The van der Waals surface area contributed by atoms with Crippen LogP contribution in [0.1, 0.15) is 11.3 Å². The van der Waals surface area contributed by atoms with Gasteiger partial charge in [-0.05, 0) is 53.3 Å². The van der Waals surface area contributed by atoms with Crippen LogP contribution in [0, 0.1) is 10.5 Å². The van der Waals surface area contributed by atoms with Gasteiger partial charge >= 0.3 is 0 Å². The van der Waals surface area contributed by atoms with Crippen molar-refractivity contribution >= 4 is 28.3 Å². The van der Waals surface area contributed by atoms with Crippen molar-refractivity contribution in [2.24, 2.45) is 0 Å². The Morgan fingerprint density at radius 2 is 2.33 bits per heavy atom. The van der Waals surface area contributed by atoms with E-state index in [0.29, 0.717) is 0 Å². The molecule has 15 heavy (non-hydrogen) atoms. The van der Waals surface area contributed by atoms with Crippen LogP contribution < -0.4 is 5.32 Å². The van der Waals surface area contributed by atoms with Gasteiger partial charge < -0.3 is 10.3 Å². The van der Waals surface area contributed by atoms with E-state index in [1.54, 1.807) is 6.33 Å². The minimum Gasteiger partial charge on any atom is -0.379 e. The average molecular weight is 313 g/mol. The maximum Gasteiger partial charge on any atom is 0.0922 e. The summed E-state index contributed by atoms with van der Waals surface area (Å²) >= 11 is 2.32. The van der Waals surface area contributed by atoms with E-state index in [0.717, 1.165) is 12.2 Å². The van der Waals surface area contributed by atoms with E-state index >= 15 is 0 Å². The summed E-state index contributed by atoms with van der Waals surface area (Å²) < 4.78 is 1.26. The summed E-state index contributed by atoms with van der Waals surface area (Å²) in [5.74, 6) is 0. The predicted octanol–water partition coefficient (Wildman–Crippen LogP) is 2.93.